The van der Waals surface area contributed by atoms with Crippen molar-refractivity contribution >= 4 is 27.6 Å². The van der Waals surface area contributed by atoms with E-state index in [1.165, 1.54) is 18.4 Å². The first-order valence-corrected chi connectivity index (χ1v) is 8.97. The SMILES string of the molecule is Cc1cc(Br)cnc1NCc1ccc(N2CCC(C)CC2)nc1. The molecule has 3 rings (SSSR count). The number of aryl methyl sites for hydroxylation is 1. The van der Waals surface area contributed by atoms with E-state index < -0.39 is 0 Å². The lowest BCUT2D eigenvalue weighted by Gasteiger charge is -2.31. The lowest BCUT2D eigenvalue weighted by atomic mass is 9.99. The van der Waals surface area contributed by atoms with Crippen LogP contribution >= 0.6 is 15.9 Å². The number of hydrogen-bond acceptors (Lipinski definition) is 4. The zero-order chi connectivity index (χ0) is 16.2. The molecule has 0 atom stereocenters. The minimum absolute atomic E-state index is 0.736. The van der Waals surface area contributed by atoms with Gasteiger partial charge in [-0.2, -0.15) is 0 Å². The van der Waals surface area contributed by atoms with Gasteiger partial charge in [-0.1, -0.05) is 13.0 Å². The molecule has 1 N–H and O–H groups in total. The largest absolute Gasteiger partial charge is 0.366 e. The summed E-state index contributed by atoms with van der Waals surface area (Å²) in [5.41, 5.74) is 2.30. The molecule has 0 spiro atoms. The third-order valence-corrected chi connectivity index (χ3v) is 4.86. The van der Waals surface area contributed by atoms with Crippen LogP contribution in [0.1, 0.15) is 30.9 Å². The zero-order valence-corrected chi connectivity index (χ0v) is 15.3. The molecular formula is C18H23BrN4. The molecule has 23 heavy (non-hydrogen) atoms. The second kappa shape index (κ2) is 7.30. The fraction of sp³-hybridized carbons (Fsp3) is 0.444. The van der Waals surface area contributed by atoms with Gasteiger partial charge in [-0.15, -0.1) is 0 Å². The maximum Gasteiger partial charge on any atom is 0.129 e. The van der Waals surface area contributed by atoms with Crippen LogP contribution in [0.15, 0.2) is 35.1 Å². The molecule has 0 aromatic carbocycles. The van der Waals surface area contributed by atoms with Crippen LogP contribution in [-0.2, 0) is 6.54 Å². The monoisotopic (exact) mass is 374 g/mol. The maximum atomic E-state index is 4.63. The highest BCUT2D eigenvalue weighted by atomic mass is 79.9. The summed E-state index contributed by atoms with van der Waals surface area (Å²) in [5, 5.41) is 3.38. The molecule has 2 aromatic rings. The lowest BCUT2D eigenvalue weighted by Crippen LogP contribution is -2.33. The highest BCUT2D eigenvalue weighted by Gasteiger charge is 2.16. The predicted molar refractivity (Wildman–Crippen MR) is 98.8 cm³/mol. The number of hydrogen-bond donors (Lipinski definition) is 1. The highest BCUT2D eigenvalue weighted by molar-refractivity contribution is 9.10. The molecule has 122 valence electrons. The van der Waals surface area contributed by atoms with Crippen molar-refractivity contribution in [2.24, 2.45) is 5.92 Å². The van der Waals surface area contributed by atoms with Crippen LogP contribution in [0, 0.1) is 12.8 Å². The van der Waals surface area contributed by atoms with E-state index in [-0.39, 0.29) is 0 Å². The van der Waals surface area contributed by atoms with E-state index in [1.54, 1.807) is 0 Å². The first-order chi connectivity index (χ1) is 11.1. The Morgan fingerprint density at radius 3 is 2.65 bits per heavy atom. The highest BCUT2D eigenvalue weighted by Crippen LogP contribution is 2.22. The van der Waals surface area contributed by atoms with Gasteiger partial charge in [0.1, 0.15) is 11.6 Å². The topological polar surface area (TPSA) is 41.1 Å². The van der Waals surface area contributed by atoms with Gasteiger partial charge in [0.05, 0.1) is 0 Å². The Balaban J connectivity index is 1.59. The van der Waals surface area contributed by atoms with Crippen LogP contribution in [0.5, 0.6) is 0 Å². The predicted octanol–water partition coefficient (Wildman–Crippen LogP) is 4.40. The second-order valence-corrected chi connectivity index (χ2v) is 7.28. The molecule has 1 aliphatic heterocycles. The average molecular weight is 375 g/mol. The molecule has 3 heterocycles. The fourth-order valence-corrected chi connectivity index (χ4v) is 3.30. The molecule has 1 fully saturated rings. The Bertz CT molecular complexity index is 649. The average Bonchev–Trinajstić information content (AvgIpc) is 2.55. The minimum atomic E-state index is 0.736. The van der Waals surface area contributed by atoms with Gasteiger partial charge < -0.3 is 10.2 Å². The summed E-state index contributed by atoms with van der Waals surface area (Å²) in [7, 11) is 0. The Morgan fingerprint density at radius 1 is 1.22 bits per heavy atom. The van der Waals surface area contributed by atoms with Gasteiger partial charge in [-0.25, -0.2) is 9.97 Å². The summed E-state index contributed by atoms with van der Waals surface area (Å²) < 4.78 is 1.00. The lowest BCUT2D eigenvalue weighted by molar-refractivity contribution is 0.436. The van der Waals surface area contributed by atoms with Gasteiger partial charge in [-0.05, 0) is 64.9 Å². The number of nitrogens with zero attached hydrogens (tertiary/aromatic N) is 3. The zero-order valence-electron chi connectivity index (χ0n) is 13.7. The van der Waals surface area contributed by atoms with E-state index in [0.29, 0.717) is 0 Å². The van der Waals surface area contributed by atoms with Crippen LogP contribution in [0.3, 0.4) is 0 Å². The molecule has 0 unspecified atom stereocenters. The Kier molecular flexibility index (Phi) is 5.16. The maximum absolute atomic E-state index is 4.63. The first-order valence-electron chi connectivity index (χ1n) is 8.17. The van der Waals surface area contributed by atoms with Crippen LogP contribution in [-0.4, -0.2) is 23.1 Å². The summed E-state index contributed by atoms with van der Waals surface area (Å²) in [4.78, 5) is 11.4. The number of piperidine rings is 1. The minimum Gasteiger partial charge on any atom is -0.366 e. The van der Waals surface area contributed by atoms with Crippen molar-refractivity contribution in [1.29, 1.82) is 0 Å². The molecule has 2 aromatic heterocycles. The van der Waals surface area contributed by atoms with E-state index >= 15 is 0 Å². The number of pyridine rings is 2. The van der Waals surface area contributed by atoms with Gasteiger partial charge in [-0.3, -0.25) is 0 Å². The van der Waals surface area contributed by atoms with Crippen LogP contribution in [0.2, 0.25) is 0 Å². The number of aromatic nitrogens is 2. The van der Waals surface area contributed by atoms with Crippen LogP contribution < -0.4 is 10.2 Å². The Hall–Kier alpha value is -1.62. The molecule has 0 saturated carbocycles. The summed E-state index contributed by atoms with van der Waals surface area (Å²) in [6.07, 6.45) is 6.31. The summed E-state index contributed by atoms with van der Waals surface area (Å²) in [6.45, 7) is 7.36. The number of nitrogens with one attached hydrogen (secondary N) is 1. The van der Waals surface area contributed by atoms with Crippen molar-refractivity contribution < 1.29 is 0 Å². The summed E-state index contributed by atoms with van der Waals surface area (Å²) in [6, 6.07) is 6.35. The molecule has 0 aliphatic carbocycles. The molecular weight excluding hydrogens is 352 g/mol. The van der Waals surface area contributed by atoms with Crippen molar-refractivity contribution in [2.45, 2.75) is 33.2 Å². The molecule has 1 aliphatic rings. The normalized spacial score (nSPS) is 15.7. The molecule has 0 bridgehead atoms. The van der Waals surface area contributed by atoms with Crippen molar-refractivity contribution in [3.8, 4) is 0 Å². The van der Waals surface area contributed by atoms with Crippen molar-refractivity contribution in [2.75, 3.05) is 23.3 Å². The Labute approximate surface area is 146 Å². The molecule has 1 saturated heterocycles. The van der Waals surface area contributed by atoms with E-state index in [1.807, 2.05) is 12.4 Å². The van der Waals surface area contributed by atoms with E-state index in [9.17, 15) is 0 Å². The first kappa shape index (κ1) is 16.2. The van der Waals surface area contributed by atoms with Gasteiger partial charge in [0.2, 0.25) is 0 Å². The molecule has 5 heteroatoms. The van der Waals surface area contributed by atoms with Gasteiger partial charge in [0.15, 0.2) is 0 Å². The van der Waals surface area contributed by atoms with E-state index in [2.05, 4.69) is 68.2 Å². The molecule has 0 radical (unpaired) electrons. The van der Waals surface area contributed by atoms with Crippen LogP contribution in [0.25, 0.3) is 0 Å². The van der Waals surface area contributed by atoms with Crippen molar-refractivity contribution in [3.63, 3.8) is 0 Å². The number of halogens is 1. The number of rotatable bonds is 4. The van der Waals surface area contributed by atoms with Gasteiger partial charge >= 0.3 is 0 Å². The van der Waals surface area contributed by atoms with Gasteiger partial charge in [0, 0.05) is 36.5 Å². The molecule has 0 amide bonds. The van der Waals surface area contributed by atoms with Crippen LogP contribution in [0.4, 0.5) is 11.6 Å². The third-order valence-electron chi connectivity index (χ3n) is 4.42. The Morgan fingerprint density at radius 2 is 2.00 bits per heavy atom. The summed E-state index contributed by atoms with van der Waals surface area (Å²) in [5.74, 6) is 2.86. The van der Waals surface area contributed by atoms with E-state index in [0.717, 1.165) is 47.2 Å². The number of anilines is 2. The quantitative estimate of drug-likeness (QED) is 0.860. The van der Waals surface area contributed by atoms with Gasteiger partial charge in [0.25, 0.3) is 0 Å². The third kappa shape index (κ3) is 4.22. The molecule has 4 nitrogen and oxygen atoms in total. The standard InChI is InChI=1S/C18H23BrN4/c1-13-5-7-23(8-6-13)17-4-3-15(10-20-17)11-21-18-14(2)9-16(19)12-22-18/h3-4,9-10,12-13H,5-8,11H2,1-2H3,(H,21,22). The second-order valence-electron chi connectivity index (χ2n) is 6.37. The van der Waals surface area contributed by atoms with Crippen molar-refractivity contribution in [3.05, 3.63) is 46.2 Å². The summed E-state index contributed by atoms with van der Waals surface area (Å²) >= 11 is 3.44. The van der Waals surface area contributed by atoms with E-state index in [4.69, 9.17) is 0 Å². The fourth-order valence-electron chi connectivity index (χ4n) is 2.86. The van der Waals surface area contributed by atoms with Crippen molar-refractivity contribution in [1.82, 2.24) is 9.97 Å². The smallest absolute Gasteiger partial charge is 0.129 e.